The van der Waals surface area contributed by atoms with Crippen molar-refractivity contribution >= 4 is 92.9 Å². The Morgan fingerprint density at radius 1 is 0.417 bits per heavy atom. The smallest absolute Gasteiger partial charge is 0.143 e. The molecular formula is C46H33NO. The van der Waals surface area contributed by atoms with Crippen molar-refractivity contribution < 1.29 is 4.42 Å². The average Bonchev–Trinajstić information content (AvgIpc) is 3.50. The van der Waals surface area contributed by atoms with E-state index in [-0.39, 0.29) is 5.41 Å². The van der Waals surface area contributed by atoms with Gasteiger partial charge in [-0.2, -0.15) is 0 Å². The monoisotopic (exact) mass is 615 g/mol. The minimum absolute atomic E-state index is 0.0521. The van der Waals surface area contributed by atoms with Crippen LogP contribution >= 0.6 is 0 Å². The van der Waals surface area contributed by atoms with Gasteiger partial charge in [-0.15, -0.1) is 0 Å². The molecule has 10 rings (SSSR count). The lowest BCUT2D eigenvalue weighted by Gasteiger charge is -2.30. The van der Waals surface area contributed by atoms with Crippen LogP contribution in [-0.2, 0) is 5.41 Å². The van der Waals surface area contributed by atoms with Crippen LogP contribution in [0.15, 0.2) is 150 Å². The number of furan rings is 1. The van der Waals surface area contributed by atoms with E-state index in [0.717, 1.165) is 44.4 Å². The largest absolute Gasteiger partial charge is 0.455 e. The molecule has 0 unspecified atom stereocenters. The van der Waals surface area contributed by atoms with Gasteiger partial charge < -0.3 is 9.32 Å². The zero-order valence-electron chi connectivity index (χ0n) is 27.2. The lowest BCUT2D eigenvalue weighted by Crippen LogP contribution is -2.12. The van der Waals surface area contributed by atoms with Gasteiger partial charge in [-0.1, -0.05) is 142 Å². The Kier molecular flexibility index (Phi) is 5.58. The molecule has 48 heavy (non-hydrogen) atoms. The maximum absolute atomic E-state index is 6.75. The van der Waals surface area contributed by atoms with Crippen molar-refractivity contribution in [1.29, 1.82) is 0 Å². The van der Waals surface area contributed by atoms with E-state index in [1.54, 1.807) is 0 Å². The normalized spacial score (nSPS) is 12.5. The molecule has 0 saturated heterocycles. The summed E-state index contributed by atoms with van der Waals surface area (Å²) in [4.78, 5) is 2.51. The molecule has 0 aliphatic carbocycles. The van der Waals surface area contributed by atoms with Gasteiger partial charge in [-0.3, -0.25) is 0 Å². The fraction of sp³-hybridized carbons (Fsp3) is 0.0870. The van der Waals surface area contributed by atoms with E-state index in [2.05, 4.69) is 171 Å². The summed E-state index contributed by atoms with van der Waals surface area (Å²) in [6, 6.07) is 53.4. The molecule has 1 heterocycles. The van der Waals surface area contributed by atoms with Crippen LogP contribution in [0.1, 0.15) is 26.3 Å². The van der Waals surface area contributed by atoms with E-state index in [0.29, 0.717) is 0 Å². The maximum atomic E-state index is 6.75. The molecule has 0 atom stereocenters. The topological polar surface area (TPSA) is 16.4 Å². The van der Waals surface area contributed by atoms with E-state index in [9.17, 15) is 0 Å². The van der Waals surface area contributed by atoms with Crippen LogP contribution in [0.2, 0.25) is 0 Å². The lowest BCUT2D eigenvalue weighted by molar-refractivity contribution is 0.594. The number of hydrogen-bond acceptors (Lipinski definition) is 2. The van der Waals surface area contributed by atoms with Gasteiger partial charge in [0.2, 0.25) is 0 Å². The Balaban J connectivity index is 1.40. The van der Waals surface area contributed by atoms with E-state index in [1.165, 1.54) is 54.0 Å². The standard InChI is InChI=1S/C46H33NO/c1-46(2,3)37-18-10-20-41-44(37)36-27-40(33-16-6-7-17-34(33)45(36)48-41)47(38-19-9-12-28-11-4-5-15-32(28)38)39-26-24-31-22-21-29-13-8-14-30-23-25-35(39)43(31)42(29)30/h4-27H,1-3H3. The van der Waals surface area contributed by atoms with E-state index in [1.807, 2.05) is 0 Å². The molecule has 2 nitrogen and oxygen atoms in total. The van der Waals surface area contributed by atoms with Gasteiger partial charge in [0.15, 0.2) is 0 Å². The first kappa shape index (κ1) is 27.3. The van der Waals surface area contributed by atoms with Crippen molar-refractivity contribution in [3.63, 3.8) is 0 Å². The highest BCUT2D eigenvalue weighted by Gasteiger charge is 2.26. The van der Waals surface area contributed by atoms with E-state index in [4.69, 9.17) is 4.42 Å². The third-order valence-corrected chi connectivity index (χ3v) is 10.3. The number of nitrogens with zero attached hydrogens (tertiary/aromatic N) is 1. The van der Waals surface area contributed by atoms with Crippen molar-refractivity contribution in [1.82, 2.24) is 0 Å². The Morgan fingerprint density at radius 2 is 1.02 bits per heavy atom. The van der Waals surface area contributed by atoms with E-state index < -0.39 is 0 Å². The molecule has 228 valence electrons. The van der Waals surface area contributed by atoms with Gasteiger partial charge in [-0.05, 0) is 67.6 Å². The first-order chi connectivity index (χ1) is 23.5. The molecule has 0 aliphatic heterocycles. The maximum Gasteiger partial charge on any atom is 0.143 e. The second kappa shape index (κ2) is 9.82. The van der Waals surface area contributed by atoms with E-state index >= 15 is 0 Å². The van der Waals surface area contributed by atoms with Crippen molar-refractivity contribution in [3.8, 4) is 0 Å². The molecule has 10 aromatic rings. The first-order valence-corrected chi connectivity index (χ1v) is 16.8. The van der Waals surface area contributed by atoms with Crippen molar-refractivity contribution in [2.45, 2.75) is 26.2 Å². The van der Waals surface area contributed by atoms with Crippen LogP contribution in [0.3, 0.4) is 0 Å². The second-order valence-corrected chi connectivity index (χ2v) is 14.1. The summed E-state index contributed by atoms with van der Waals surface area (Å²) in [6.45, 7) is 6.86. The van der Waals surface area contributed by atoms with Gasteiger partial charge in [0.1, 0.15) is 11.2 Å². The minimum atomic E-state index is -0.0521. The summed E-state index contributed by atoms with van der Waals surface area (Å²) in [5, 5.41) is 14.7. The highest BCUT2D eigenvalue weighted by Crippen LogP contribution is 2.50. The lowest BCUT2D eigenvalue weighted by atomic mass is 9.84. The van der Waals surface area contributed by atoms with Gasteiger partial charge in [0, 0.05) is 32.3 Å². The summed E-state index contributed by atoms with van der Waals surface area (Å²) in [5.41, 5.74) is 6.55. The number of benzene rings is 9. The molecule has 9 aromatic carbocycles. The summed E-state index contributed by atoms with van der Waals surface area (Å²) >= 11 is 0. The molecule has 0 amide bonds. The summed E-state index contributed by atoms with van der Waals surface area (Å²) in [6.07, 6.45) is 0. The summed E-state index contributed by atoms with van der Waals surface area (Å²) < 4.78 is 6.75. The Bertz CT molecular complexity index is 2860. The molecule has 0 saturated carbocycles. The summed E-state index contributed by atoms with van der Waals surface area (Å²) in [5.74, 6) is 0. The molecule has 0 N–H and O–H groups in total. The van der Waals surface area contributed by atoms with Crippen molar-refractivity contribution in [2.24, 2.45) is 0 Å². The quantitative estimate of drug-likeness (QED) is 0.184. The highest BCUT2D eigenvalue weighted by molar-refractivity contribution is 6.27. The third kappa shape index (κ3) is 3.80. The number of anilines is 3. The molecular weight excluding hydrogens is 583 g/mol. The first-order valence-electron chi connectivity index (χ1n) is 16.8. The Morgan fingerprint density at radius 3 is 1.83 bits per heavy atom. The molecule has 0 bridgehead atoms. The van der Waals surface area contributed by atoms with Crippen LogP contribution in [-0.4, -0.2) is 0 Å². The number of rotatable bonds is 3. The second-order valence-electron chi connectivity index (χ2n) is 14.1. The molecule has 2 heteroatoms. The van der Waals surface area contributed by atoms with Crippen molar-refractivity contribution in [3.05, 3.63) is 151 Å². The Hall–Kier alpha value is -5.86. The predicted octanol–water partition coefficient (Wildman–Crippen LogP) is 13.6. The molecule has 0 radical (unpaired) electrons. The zero-order valence-corrected chi connectivity index (χ0v) is 27.2. The van der Waals surface area contributed by atoms with Crippen LogP contribution in [0.25, 0.3) is 75.8 Å². The molecule has 0 spiro atoms. The number of hydrogen-bond donors (Lipinski definition) is 0. The molecule has 0 fully saturated rings. The van der Waals surface area contributed by atoms with Crippen LogP contribution in [0, 0.1) is 0 Å². The zero-order chi connectivity index (χ0) is 32.1. The van der Waals surface area contributed by atoms with Crippen molar-refractivity contribution in [2.75, 3.05) is 4.90 Å². The summed E-state index contributed by atoms with van der Waals surface area (Å²) in [7, 11) is 0. The van der Waals surface area contributed by atoms with Crippen LogP contribution in [0.4, 0.5) is 17.1 Å². The minimum Gasteiger partial charge on any atom is -0.455 e. The van der Waals surface area contributed by atoms with Gasteiger partial charge in [-0.25, -0.2) is 0 Å². The molecule has 0 aliphatic rings. The molecule has 1 aromatic heterocycles. The van der Waals surface area contributed by atoms with Gasteiger partial charge in [0.05, 0.1) is 17.1 Å². The fourth-order valence-electron chi connectivity index (χ4n) is 8.15. The Labute approximate surface area is 278 Å². The van der Waals surface area contributed by atoms with Gasteiger partial charge in [0.25, 0.3) is 0 Å². The number of fused-ring (bicyclic) bond motifs is 6. The fourth-order valence-corrected chi connectivity index (χ4v) is 8.15. The SMILES string of the molecule is CC(C)(C)c1cccc2oc3c4ccccc4c(N(c4cccc5ccccc45)c4ccc5ccc6cccc7ccc4c5c67)cc3c12. The predicted molar refractivity (Wildman–Crippen MR) is 206 cm³/mol. The van der Waals surface area contributed by atoms with Crippen LogP contribution < -0.4 is 4.90 Å². The third-order valence-electron chi connectivity index (χ3n) is 10.3. The van der Waals surface area contributed by atoms with Gasteiger partial charge >= 0.3 is 0 Å². The average molecular weight is 616 g/mol. The highest BCUT2D eigenvalue weighted by atomic mass is 16.3. The van der Waals surface area contributed by atoms with Crippen LogP contribution in [0.5, 0.6) is 0 Å².